The Hall–Kier alpha value is -1.60. The Kier molecular flexibility index (Phi) is 6.92. The molecule has 0 aliphatic carbocycles. The van der Waals surface area contributed by atoms with Crippen molar-refractivity contribution in [2.75, 3.05) is 0 Å². The molecule has 0 spiro atoms. The van der Waals surface area contributed by atoms with Gasteiger partial charge in [-0.2, -0.15) is 9.59 Å². The van der Waals surface area contributed by atoms with Crippen molar-refractivity contribution in [1.29, 1.82) is 0 Å². The number of benzene rings is 1. The van der Waals surface area contributed by atoms with Gasteiger partial charge in [-0.15, -0.1) is 0 Å². The third-order valence-corrected chi connectivity index (χ3v) is 2.24. The lowest BCUT2D eigenvalue weighted by atomic mass is 9.98. The quantitative estimate of drug-likeness (QED) is 0.808. The minimum atomic E-state index is 0.248. The first kappa shape index (κ1) is 15.4. The molecule has 0 saturated carbocycles. The summed E-state index contributed by atoms with van der Waals surface area (Å²) in [6, 6.07) is 6.33. The lowest BCUT2D eigenvalue weighted by Gasteiger charge is -2.14. The number of ether oxygens (including phenoxy) is 1. The zero-order valence-electron chi connectivity index (χ0n) is 11.1. The molecule has 1 aromatic rings. The van der Waals surface area contributed by atoms with Crippen LogP contribution in [0, 0.1) is 6.92 Å². The second kappa shape index (κ2) is 7.64. The molecule has 94 valence electrons. The van der Waals surface area contributed by atoms with Gasteiger partial charge >= 0.3 is 6.15 Å². The van der Waals surface area contributed by atoms with Gasteiger partial charge in [0.25, 0.3) is 0 Å². The van der Waals surface area contributed by atoms with E-state index in [9.17, 15) is 0 Å². The highest BCUT2D eigenvalue weighted by atomic mass is 16.5. The first-order chi connectivity index (χ1) is 7.92. The van der Waals surface area contributed by atoms with Crippen LogP contribution in [-0.2, 0) is 9.59 Å². The minimum absolute atomic E-state index is 0.248. The van der Waals surface area contributed by atoms with E-state index in [0.29, 0.717) is 5.92 Å². The van der Waals surface area contributed by atoms with Gasteiger partial charge in [0.2, 0.25) is 0 Å². The van der Waals surface area contributed by atoms with E-state index in [4.69, 9.17) is 14.3 Å². The summed E-state index contributed by atoms with van der Waals surface area (Å²) in [5.74, 6) is 1.54. The molecular weight excluding hydrogens is 216 g/mol. The number of hydrogen-bond acceptors (Lipinski definition) is 3. The summed E-state index contributed by atoms with van der Waals surface area (Å²) < 4.78 is 5.66. The number of rotatable bonds is 3. The maximum atomic E-state index is 8.12. The second-order valence-electron chi connectivity index (χ2n) is 4.42. The van der Waals surface area contributed by atoms with Gasteiger partial charge in [0, 0.05) is 0 Å². The van der Waals surface area contributed by atoms with Gasteiger partial charge in [-0.3, -0.25) is 0 Å². The summed E-state index contributed by atoms with van der Waals surface area (Å²) in [5, 5.41) is 0. The molecule has 0 heterocycles. The maximum absolute atomic E-state index is 8.12. The number of hydrogen-bond donors (Lipinski definition) is 0. The minimum Gasteiger partial charge on any atom is -0.491 e. The van der Waals surface area contributed by atoms with E-state index in [1.165, 1.54) is 11.1 Å². The van der Waals surface area contributed by atoms with E-state index in [1.54, 1.807) is 0 Å². The van der Waals surface area contributed by atoms with E-state index in [2.05, 4.69) is 46.8 Å². The molecule has 3 nitrogen and oxygen atoms in total. The van der Waals surface area contributed by atoms with Crippen LogP contribution in [0.3, 0.4) is 0 Å². The molecule has 0 radical (unpaired) electrons. The predicted octanol–water partition coefficient (Wildman–Crippen LogP) is 3.32. The fraction of sp³-hybridized carbons (Fsp3) is 0.500. The molecule has 3 heteroatoms. The topological polar surface area (TPSA) is 43.4 Å². The monoisotopic (exact) mass is 236 g/mol. The summed E-state index contributed by atoms with van der Waals surface area (Å²) in [4.78, 5) is 16.2. The van der Waals surface area contributed by atoms with Gasteiger partial charge in [0.1, 0.15) is 5.75 Å². The zero-order chi connectivity index (χ0) is 13.4. The second-order valence-corrected chi connectivity index (χ2v) is 4.42. The highest BCUT2D eigenvalue weighted by Crippen LogP contribution is 2.24. The van der Waals surface area contributed by atoms with Crippen LogP contribution in [-0.4, -0.2) is 12.3 Å². The van der Waals surface area contributed by atoms with Gasteiger partial charge < -0.3 is 4.74 Å². The van der Waals surface area contributed by atoms with Crippen LogP contribution < -0.4 is 4.74 Å². The third-order valence-electron chi connectivity index (χ3n) is 2.24. The Labute approximate surface area is 103 Å². The molecule has 1 aromatic carbocycles. The molecule has 0 unspecified atom stereocenters. The van der Waals surface area contributed by atoms with Crippen molar-refractivity contribution < 1.29 is 14.3 Å². The maximum Gasteiger partial charge on any atom is 0.373 e. The Morgan fingerprint density at radius 3 is 2.06 bits per heavy atom. The van der Waals surface area contributed by atoms with Crippen molar-refractivity contribution in [2.45, 2.75) is 46.6 Å². The smallest absolute Gasteiger partial charge is 0.373 e. The summed E-state index contributed by atoms with van der Waals surface area (Å²) in [6.07, 6.45) is 0.498. The molecule has 0 saturated heterocycles. The molecule has 17 heavy (non-hydrogen) atoms. The summed E-state index contributed by atoms with van der Waals surface area (Å²) >= 11 is 0. The van der Waals surface area contributed by atoms with Crippen LogP contribution in [0.2, 0.25) is 0 Å². The molecule has 0 fully saturated rings. The van der Waals surface area contributed by atoms with Crippen molar-refractivity contribution >= 4 is 6.15 Å². The molecular formula is C14H20O3. The zero-order valence-corrected chi connectivity index (χ0v) is 11.1. The fourth-order valence-corrected chi connectivity index (χ4v) is 1.59. The summed E-state index contributed by atoms with van der Waals surface area (Å²) in [7, 11) is 0. The Morgan fingerprint density at radius 1 is 1.12 bits per heavy atom. The van der Waals surface area contributed by atoms with Crippen LogP contribution in [0.25, 0.3) is 0 Å². The summed E-state index contributed by atoms with van der Waals surface area (Å²) in [6.45, 7) is 10.7. The molecule has 0 amide bonds. The van der Waals surface area contributed by atoms with Gasteiger partial charge in [0.15, 0.2) is 0 Å². The highest BCUT2D eigenvalue weighted by molar-refractivity contribution is 5.36. The van der Waals surface area contributed by atoms with Gasteiger partial charge in [0.05, 0.1) is 6.10 Å². The molecule has 1 rings (SSSR count). The Balaban J connectivity index is 0.000000770. The van der Waals surface area contributed by atoms with Crippen LogP contribution in [0.15, 0.2) is 18.2 Å². The largest absolute Gasteiger partial charge is 0.491 e. The average Bonchev–Trinajstić information content (AvgIpc) is 2.21. The first-order valence-electron chi connectivity index (χ1n) is 5.68. The molecule has 0 aliphatic rings. The lowest BCUT2D eigenvalue weighted by Crippen LogP contribution is -2.06. The first-order valence-corrected chi connectivity index (χ1v) is 5.68. The Morgan fingerprint density at radius 2 is 1.65 bits per heavy atom. The molecule has 0 aliphatic heterocycles. The van der Waals surface area contributed by atoms with E-state index < -0.39 is 0 Å². The summed E-state index contributed by atoms with van der Waals surface area (Å²) in [5.41, 5.74) is 2.72. The van der Waals surface area contributed by atoms with Crippen molar-refractivity contribution in [3.63, 3.8) is 0 Å². The van der Waals surface area contributed by atoms with E-state index in [-0.39, 0.29) is 12.3 Å². The van der Waals surface area contributed by atoms with Gasteiger partial charge in [-0.05, 0) is 49.9 Å². The molecule has 0 bridgehead atoms. The SMILES string of the molecule is Cc1ccc(OC(C)C)cc1C(C)C.O=C=O. The van der Waals surface area contributed by atoms with Crippen LogP contribution >= 0.6 is 0 Å². The molecule has 0 aromatic heterocycles. The van der Waals surface area contributed by atoms with Crippen LogP contribution in [0.5, 0.6) is 5.75 Å². The number of aryl methyl sites for hydroxylation is 1. The van der Waals surface area contributed by atoms with Crippen molar-refractivity contribution in [1.82, 2.24) is 0 Å². The molecule has 0 atom stereocenters. The van der Waals surface area contributed by atoms with Crippen LogP contribution in [0.1, 0.15) is 44.7 Å². The standard InChI is InChI=1S/C13H20O.CO2/c1-9(2)13-8-12(14-10(3)4)7-6-11(13)5;2-1-3/h6-10H,1-5H3;. The third kappa shape index (κ3) is 5.88. The van der Waals surface area contributed by atoms with E-state index in [1.807, 2.05) is 6.07 Å². The van der Waals surface area contributed by atoms with E-state index in [0.717, 1.165) is 5.75 Å². The van der Waals surface area contributed by atoms with Gasteiger partial charge in [-0.1, -0.05) is 19.9 Å². The molecule has 0 N–H and O–H groups in total. The number of carbonyl (C=O) groups excluding carboxylic acids is 2. The average molecular weight is 236 g/mol. The highest BCUT2D eigenvalue weighted by Gasteiger charge is 2.05. The van der Waals surface area contributed by atoms with Crippen molar-refractivity contribution in [3.8, 4) is 5.75 Å². The van der Waals surface area contributed by atoms with Crippen molar-refractivity contribution in [2.24, 2.45) is 0 Å². The Bertz CT molecular complexity index is 375. The normalized spacial score (nSPS) is 9.59. The predicted molar refractivity (Wildman–Crippen MR) is 66.0 cm³/mol. The van der Waals surface area contributed by atoms with Crippen LogP contribution in [0.4, 0.5) is 0 Å². The lowest BCUT2D eigenvalue weighted by molar-refractivity contribution is -0.191. The fourth-order valence-electron chi connectivity index (χ4n) is 1.59. The van der Waals surface area contributed by atoms with E-state index >= 15 is 0 Å². The van der Waals surface area contributed by atoms with Gasteiger partial charge in [-0.25, -0.2) is 0 Å². The van der Waals surface area contributed by atoms with Crippen molar-refractivity contribution in [3.05, 3.63) is 29.3 Å².